The maximum absolute atomic E-state index is 12.8. The van der Waals surface area contributed by atoms with Gasteiger partial charge >= 0.3 is 0 Å². The summed E-state index contributed by atoms with van der Waals surface area (Å²) in [5, 5.41) is 0.321. The van der Waals surface area contributed by atoms with Crippen LogP contribution in [0.2, 0.25) is 5.02 Å². The fourth-order valence-corrected chi connectivity index (χ4v) is 5.55. The number of halogens is 1. The monoisotopic (exact) mass is 342 g/mol. The molecule has 0 radical (unpaired) electrons. The smallest absolute Gasteiger partial charge is 0.244 e. The Balaban J connectivity index is 1.71. The zero-order valence-electron chi connectivity index (χ0n) is 13.0. The van der Waals surface area contributed by atoms with Crippen LogP contribution in [-0.2, 0) is 10.0 Å². The van der Waals surface area contributed by atoms with Gasteiger partial charge in [-0.1, -0.05) is 17.7 Å². The number of likely N-dealkylation sites (tertiary alicyclic amines) is 1. The van der Waals surface area contributed by atoms with Gasteiger partial charge in [0.15, 0.2) is 0 Å². The summed E-state index contributed by atoms with van der Waals surface area (Å²) in [7, 11) is -3.47. The minimum Gasteiger partial charge on any atom is -0.300 e. The van der Waals surface area contributed by atoms with Gasteiger partial charge in [-0.15, -0.1) is 0 Å². The molecule has 0 aromatic heterocycles. The first-order chi connectivity index (χ1) is 10.5. The van der Waals surface area contributed by atoms with E-state index in [1.807, 2.05) is 6.92 Å². The Morgan fingerprint density at radius 2 is 1.73 bits per heavy atom. The third kappa shape index (κ3) is 3.18. The van der Waals surface area contributed by atoms with Gasteiger partial charge < -0.3 is 4.90 Å². The lowest BCUT2D eigenvalue weighted by atomic mass is 10.1. The molecule has 22 heavy (non-hydrogen) atoms. The van der Waals surface area contributed by atoms with Crippen molar-refractivity contribution >= 4 is 21.6 Å². The normalized spacial score (nSPS) is 22.3. The van der Waals surface area contributed by atoms with Crippen LogP contribution in [0.5, 0.6) is 0 Å². The molecule has 0 atom stereocenters. The van der Waals surface area contributed by atoms with E-state index in [4.69, 9.17) is 11.6 Å². The van der Waals surface area contributed by atoms with Gasteiger partial charge in [-0.2, -0.15) is 4.31 Å². The van der Waals surface area contributed by atoms with Crippen molar-refractivity contribution in [3.8, 4) is 0 Å². The third-order valence-corrected chi connectivity index (χ3v) is 7.17. The van der Waals surface area contributed by atoms with Crippen molar-refractivity contribution in [2.45, 2.75) is 43.5 Å². The van der Waals surface area contributed by atoms with Crippen LogP contribution in [0.1, 0.15) is 31.2 Å². The molecule has 3 rings (SSSR count). The average Bonchev–Trinajstić information content (AvgIpc) is 3.01. The number of sulfonamides is 1. The first-order valence-corrected chi connectivity index (χ1v) is 9.80. The van der Waals surface area contributed by atoms with Gasteiger partial charge in [0.1, 0.15) is 4.90 Å². The number of nitrogens with zero attached hydrogens (tertiary/aromatic N) is 2. The van der Waals surface area contributed by atoms with Crippen LogP contribution >= 0.6 is 11.6 Å². The Bertz CT molecular complexity index is 634. The van der Waals surface area contributed by atoms with E-state index in [0.717, 1.165) is 18.4 Å². The largest absolute Gasteiger partial charge is 0.300 e. The SMILES string of the molecule is Cc1ccc(S(=O)(=O)N2CCC(N3CCCC3)CC2)c(Cl)c1. The van der Waals surface area contributed by atoms with Crippen LogP contribution in [0.3, 0.4) is 0 Å². The molecule has 0 amide bonds. The van der Waals surface area contributed by atoms with Crippen LogP contribution < -0.4 is 0 Å². The van der Waals surface area contributed by atoms with E-state index < -0.39 is 10.0 Å². The topological polar surface area (TPSA) is 40.6 Å². The molecule has 0 N–H and O–H groups in total. The van der Waals surface area contributed by atoms with E-state index in [9.17, 15) is 8.42 Å². The fourth-order valence-electron chi connectivity index (χ4n) is 3.51. The van der Waals surface area contributed by atoms with Gasteiger partial charge in [0.2, 0.25) is 10.0 Å². The van der Waals surface area contributed by atoms with Crippen molar-refractivity contribution in [3.63, 3.8) is 0 Å². The molecule has 6 heteroatoms. The molecule has 2 fully saturated rings. The highest BCUT2D eigenvalue weighted by Gasteiger charge is 2.33. The fraction of sp³-hybridized carbons (Fsp3) is 0.625. The van der Waals surface area contributed by atoms with E-state index in [1.54, 1.807) is 22.5 Å². The molecule has 2 aliphatic rings. The Labute approximate surface area is 138 Å². The lowest BCUT2D eigenvalue weighted by Gasteiger charge is -2.36. The van der Waals surface area contributed by atoms with Crippen LogP contribution in [0.25, 0.3) is 0 Å². The van der Waals surface area contributed by atoms with Gasteiger partial charge in [0.25, 0.3) is 0 Å². The van der Waals surface area contributed by atoms with E-state index in [-0.39, 0.29) is 4.90 Å². The number of benzene rings is 1. The van der Waals surface area contributed by atoms with Crippen LogP contribution in [0, 0.1) is 6.92 Å². The summed E-state index contributed by atoms with van der Waals surface area (Å²) in [5.74, 6) is 0. The summed E-state index contributed by atoms with van der Waals surface area (Å²) >= 11 is 6.15. The molecule has 0 unspecified atom stereocenters. The summed E-state index contributed by atoms with van der Waals surface area (Å²) in [6.45, 7) is 5.42. The van der Waals surface area contributed by atoms with Gasteiger partial charge in [0, 0.05) is 19.1 Å². The van der Waals surface area contributed by atoms with Crippen molar-refractivity contribution in [1.29, 1.82) is 0 Å². The molecule has 122 valence electrons. The Hall–Kier alpha value is -0.620. The highest BCUT2D eigenvalue weighted by Crippen LogP contribution is 2.29. The van der Waals surface area contributed by atoms with Gasteiger partial charge in [0.05, 0.1) is 5.02 Å². The third-order valence-electron chi connectivity index (χ3n) is 4.79. The van der Waals surface area contributed by atoms with E-state index in [1.165, 1.54) is 25.9 Å². The summed E-state index contributed by atoms with van der Waals surface area (Å²) in [5.41, 5.74) is 0.969. The average molecular weight is 343 g/mol. The standard InChI is InChI=1S/C16H23ClN2O2S/c1-13-4-5-16(15(17)12-13)22(20,21)19-10-6-14(7-11-19)18-8-2-3-9-18/h4-5,12,14H,2-3,6-11H2,1H3. The second-order valence-corrected chi connectivity index (χ2v) is 8.63. The minimum atomic E-state index is -3.47. The van der Waals surface area contributed by atoms with E-state index >= 15 is 0 Å². The van der Waals surface area contributed by atoms with Crippen LogP contribution in [0.4, 0.5) is 0 Å². The highest BCUT2D eigenvalue weighted by atomic mass is 35.5. The number of aryl methyl sites for hydroxylation is 1. The number of hydrogen-bond acceptors (Lipinski definition) is 3. The molecule has 4 nitrogen and oxygen atoms in total. The second-order valence-electron chi connectivity index (χ2n) is 6.31. The lowest BCUT2D eigenvalue weighted by molar-refractivity contribution is 0.168. The van der Waals surface area contributed by atoms with Crippen LogP contribution in [0.15, 0.2) is 23.1 Å². The van der Waals surface area contributed by atoms with Crippen molar-refractivity contribution < 1.29 is 8.42 Å². The number of hydrogen-bond donors (Lipinski definition) is 0. The molecule has 2 heterocycles. The molecular formula is C16H23ClN2O2S. The first kappa shape index (κ1) is 16.2. The number of piperidine rings is 1. The quantitative estimate of drug-likeness (QED) is 0.848. The van der Waals surface area contributed by atoms with Gasteiger partial charge in [-0.25, -0.2) is 8.42 Å². The summed E-state index contributed by atoms with van der Waals surface area (Å²) in [4.78, 5) is 2.75. The minimum absolute atomic E-state index is 0.236. The molecule has 0 saturated carbocycles. The zero-order chi connectivity index (χ0) is 15.7. The molecule has 2 aliphatic heterocycles. The highest BCUT2D eigenvalue weighted by molar-refractivity contribution is 7.89. The zero-order valence-corrected chi connectivity index (χ0v) is 14.5. The van der Waals surface area contributed by atoms with Gasteiger partial charge in [-0.3, -0.25) is 0 Å². The maximum atomic E-state index is 12.8. The molecule has 0 aliphatic carbocycles. The van der Waals surface area contributed by atoms with E-state index in [2.05, 4.69) is 4.90 Å². The Morgan fingerprint density at radius 3 is 2.32 bits per heavy atom. The molecule has 0 bridgehead atoms. The maximum Gasteiger partial charge on any atom is 0.244 e. The summed E-state index contributed by atoms with van der Waals surface area (Å²) < 4.78 is 27.1. The molecule has 2 saturated heterocycles. The molecular weight excluding hydrogens is 320 g/mol. The Kier molecular flexibility index (Phi) is 4.78. The van der Waals surface area contributed by atoms with E-state index in [0.29, 0.717) is 24.2 Å². The first-order valence-electron chi connectivity index (χ1n) is 7.99. The van der Waals surface area contributed by atoms with Crippen molar-refractivity contribution in [2.24, 2.45) is 0 Å². The molecule has 1 aromatic rings. The predicted octanol–water partition coefficient (Wildman–Crippen LogP) is 2.90. The van der Waals surface area contributed by atoms with Crippen molar-refractivity contribution in [3.05, 3.63) is 28.8 Å². The summed E-state index contributed by atoms with van der Waals surface area (Å²) in [6.07, 6.45) is 4.39. The van der Waals surface area contributed by atoms with Crippen molar-refractivity contribution in [1.82, 2.24) is 9.21 Å². The Morgan fingerprint density at radius 1 is 1.09 bits per heavy atom. The van der Waals surface area contributed by atoms with Crippen LogP contribution in [-0.4, -0.2) is 49.8 Å². The molecule has 0 spiro atoms. The molecule has 1 aromatic carbocycles. The predicted molar refractivity (Wildman–Crippen MR) is 88.8 cm³/mol. The van der Waals surface area contributed by atoms with Crippen molar-refractivity contribution in [2.75, 3.05) is 26.2 Å². The number of rotatable bonds is 3. The lowest BCUT2D eigenvalue weighted by Crippen LogP contribution is -2.45. The second kappa shape index (κ2) is 6.48. The summed E-state index contributed by atoms with van der Waals surface area (Å²) in [6, 6.07) is 5.68. The van der Waals surface area contributed by atoms with Gasteiger partial charge in [-0.05, 0) is 63.4 Å².